The molecule has 21 heavy (non-hydrogen) atoms. The highest BCUT2D eigenvalue weighted by atomic mass is 16.5. The summed E-state index contributed by atoms with van der Waals surface area (Å²) >= 11 is 0. The van der Waals surface area contributed by atoms with Gasteiger partial charge in [-0.3, -0.25) is 0 Å². The van der Waals surface area contributed by atoms with Gasteiger partial charge in [-0.2, -0.15) is 0 Å². The molecule has 1 amide bonds. The number of para-hydroxylation sites is 1. The van der Waals surface area contributed by atoms with E-state index in [0.29, 0.717) is 23.6 Å². The lowest BCUT2D eigenvalue weighted by Gasteiger charge is -2.00. The average Bonchev–Trinajstić information content (AvgIpc) is 2.92. The van der Waals surface area contributed by atoms with Gasteiger partial charge in [-0.15, -0.1) is 0 Å². The standard InChI is InChI=1S/C15H14N4O2/c16-8-9-3-1-4-10(7-9)14-18-11-5-2-6-12(13(11)19-14)21-15(17)20/h1-7H,8,16H2,(H2,17,20)(H,18,19). The van der Waals surface area contributed by atoms with Gasteiger partial charge in [0.1, 0.15) is 11.3 Å². The van der Waals surface area contributed by atoms with Gasteiger partial charge >= 0.3 is 6.09 Å². The molecule has 2 aromatic carbocycles. The number of nitrogens with zero attached hydrogens (tertiary/aromatic N) is 1. The zero-order valence-electron chi connectivity index (χ0n) is 11.2. The lowest BCUT2D eigenvalue weighted by Crippen LogP contribution is -2.16. The number of primary amides is 1. The summed E-state index contributed by atoms with van der Waals surface area (Å²) in [6.07, 6.45) is -0.864. The number of hydrogen-bond donors (Lipinski definition) is 3. The minimum Gasteiger partial charge on any atom is -0.408 e. The number of amides is 1. The second-order valence-corrected chi connectivity index (χ2v) is 4.56. The number of aromatic amines is 1. The first-order chi connectivity index (χ1) is 10.2. The van der Waals surface area contributed by atoms with Crippen molar-refractivity contribution in [2.45, 2.75) is 6.54 Å². The molecule has 106 valence electrons. The highest BCUT2D eigenvalue weighted by molar-refractivity contribution is 5.87. The van der Waals surface area contributed by atoms with Crippen LogP contribution in [0.5, 0.6) is 5.75 Å². The Bertz CT molecular complexity index is 810. The number of ether oxygens (including phenoxy) is 1. The molecule has 0 aliphatic heterocycles. The number of hydrogen-bond acceptors (Lipinski definition) is 4. The van der Waals surface area contributed by atoms with Crippen molar-refractivity contribution >= 4 is 17.1 Å². The summed E-state index contributed by atoms with van der Waals surface area (Å²) in [5.41, 5.74) is 14.0. The summed E-state index contributed by atoms with van der Waals surface area (Å²) in [5.74, 6) is 1.01. The number of rotatable bonds is 3. The minimum absolute atomic E-state index is 0.331. The van der Waals surface area contributed by atoms with E-state index < -0.39 is 6.09 Å². The molecule has 1 aromatic heterocycles. The average molecular weight is 282 g/mol. The van der Waals surface area contributed by atoms with E-state index in [0.717, 1.165) is 16.6 Å². The van der Waals surface area contributed by atoms with Gasteiger partial charge in [0.15, 0.2) is 5.75 Å². The summed E-state index contributed by atoms with van der Waals surface area (Å²) in [4.78, 5) is 18.6. The third-order valence-corrected chi connectivity index (χ3v) is 3.12. The molecular formula is C15H14N4O2. The first-order valence-electron chi connectivity index (χ1n) is 6.43. The molecule has 0 aliphatic carbocycles. The zero-order valence-corrected chi connectivity index (χ0v) is 11.2. The van der Waals surface area contributed by atoms with Crippen molar-refractivity contribution in [3.05, 3.63) is 48.0 Å². The van der Waals surface area contributed by atoms with Gasteiger partial charge in [0, 0.05) is 12.1 Å². The van der Waals surface area contributed by atoms with E-state index in [-0.39, 0.29) is 0 Å². The van der Waals surface area contributed by atoms with Gasteiger partial charge < -0.3 is 21.2 Å². The summed E-state index contributed by atoms with van der Waals surface area (Å²) < 4.78 is 4.96. The molecule has 0 spiro atoms. The maximum absolute atomic E-state index is 10.9. The minimum atomic E-state index is -0.864. The first-order valence-corrected chi connectivity index (χ1v) is 6.43. The molecule has 0 bridgehead atoms. The van der Waals surface area contributed by atoms with Crippen molar-refractivity contribution in [1.82, 2.24) is 9.97 Å². The predicted octanol–water partition coefficient (Wildman–Crippen LogP) is 2.15. The topological polar surface area (TPSA) is 107 Å². The number of carbonyl (C=O) groups excluding carboxylic acids is 1. The van der Waals surface area contributed by atoms with Crippen LogP contribution in [0, 0.1) is 0 Å². The normalized spacial score (nSPS) is 10.7. The van der Waals surface area contributed by atoms with Crippen LogP contribution in [-0.4, -0.2) is 16.1 Å². The fraction of sp³-hybridized carbons (Fsp3) is 0.0667. The van der Waals surface area contributed by atoms with Crippen molar-refractivity contribution in [1.29, 1.82) is 0 Å². The lowest BCUT2D eigenvalue weighted by molar-refractivity contribution is 0.211. The Morgan fingerprint density at radius 3 is 2.81 bits per heavy atom. The Kier molecular flexibility index (Phi) is 3.29. The van der Waals surface area contributed by atoms with Crippen LogP contribution in [0.3, 0.4) is 0 Å². The summed E-state index contributed by atoms with van der Waals surface area (Å²) in [7, 11) is 0. The van der Waals surface area contributed by atoms with Gasteiger partial charge in [-0.25, -0.2) is 9.78 Å². The molecule has 6 heteroatoms. The number of nitrogens with two attached hydrogens (primary N) is 2. The molecule has 0 unspecified atom stereocenters. The Labute approximate surface area is 120 Å². The highest BCUT2D eigenvalue weighted by Crippen LogP contribution is 2.27. The molecule has 0 radical (unpaired) electrons. The smallest absolute Gasteiger partial charge is 0.408 e. The molecule has 6 nitrogen and oxygen atoms in total. The van der Waals surface area contributed by atoms with Gasteiger partial charge in [0.05, 0.1) is 5.52 Å². The molecule has 3 rings (SSSR count). The third-order valence-electron chi connectivity index (χ3n) is 3.12. The maximum atomic E-state index is 10.9. The number of carbonyl (C=O) groups is 1. The largest absolute Gasteiger partial charge is 0.410 e. The zero-order chi connectivity index (χ0) is 14.8. The van der Waals surface area contributed by atoms with Crippen molar-refractivity contribution in [3.63, 3.8) is 0 Å². The second kappa shape index (κ2) is 5.26. The van der Waals surface area contributed by atoms with E-state index in [2.05, 4.69) is 9.97 Å². The van der Waals surface area contributed by atoms with Crippen LogP contribution >= 0.6 is 0 Å². The van der Waals surface area contributed by atoms with Gasteiger partial charge in [0.25, 0.3) is 0 Å². The predicted molar refractivity (Wildman–Crippen MR) is 79.6 cm³/mol. The Morgan fingerprint density at radius 1 is 1.24 bits per heavy atom. The Hall–Kier alpha value is -2.86. The second-order valence-electron chi connectivity index (χ2n) is 4.56. The van der Waals surface area contributed by atoms with E-state index in [9.17, 15) is 4.79 Å². The fourth-order valence-corrected chi connectivity index (χ4v) is 2.18. The Morgan fingerprint density at radius 2 is 2.05 bits per heavy atom. The molecule has 5 N–H and O–H groups in total. The van der Waals surface area contributed by atoms with Crippen molar-refractivity contribution in [2.24, 2.45) is 11.5 Å². The highest BCUT2D eigenvalue weighted by Gasteiger charge is 2.11. The molecule has 0 atom stereocenters. The van der Waals surface area contributed by atoms with Crippen LogP contribution in [0.25, 0.3) is 22.4 Å². The van der Waals surface area contributed by atoms with Crippen LogP contribution in [0.4, 0.5) is 4.79 Å². The van der Waals surface area contributed by atoms with Crippen LogP contribution in [-0.2, 0) is 6.54 Å². The third kappa shape index (κ3) is 2.56. The van der Waals surface area contributed by atoms with E-state index in [4.69, 9.17) is 16.2 Å². The molecule has 0 aliphatic rings. The molecule has 1 heterocycles. The Balaban J connectivity index is 2.10. The molecular weight excluding hydrogens is 268 g/mol. The number of imidazole rings is 1. The molecule has 3 aromatic rings. The molecule has 0 fully saturated rings. The number of aromatic nitrogens is 2. The van der Waals surface area contributed by atoms with Crippen LogP contribution in [0.15, 0.2) is 42.5 Å². The van der Waals surface area contributed by atoms with Crippen molar-refractivity contribution in [2.75, 3.05) is 0 Å². The van der Waals surface area contributed by atoms with E-state index in [1.165, 1.54) is 0 Å². The number of H-pyrrole nitrogens is 1. The van der Waals surface area contributed by atoms with Crippen molar-refractivity contribution in [3.8, 4) is 17.1 Å². The van der Waals surface area contributed by atoms with Crippen LogP contribution < -0.4 is 16.2 Å². The maximum Gasteiger partial charge on any atom is 0.410 e. The van der Waals surface area contributed by atoms with Gasteiger partial charge in [0.2, 0.25) is 0 Å². The van der Waals surface area contributed by atoms with E-state index in [1.54, 1.807) is 12.1 Å². The lowest BCUT2D eigenvalue weighted by atomic mass is 10.1. The van der Waals surface area contributed by atoms with Crippen LogP contribution in [0.1, 0.15) is 5.56 Å². The molecule has 0 saturated carbocycles. The molecule has 0 saturated heterocycles. The fourth-order valence-electron chi connectivity index (χ4n) is 2.18. The monoisotopic (exact) mass is 282 g/mol. The SMILES string of the molecule is NCc1cccc(-c2nc3c(OC(N)=O)cccc3[nH]2)c1. The van der Waals surface area contributed by atoms with E-state index >= 15 is 0 Å². The summed E-state index contributed by atoms with van der Waals surface area (Å²) in [5, 5.41) is 0. The van der Waals surface area contributed by atoms with Crippen LogP contribution in [0.2, 0.25) is 0 Å². The van der Waals surface area contributed by atoms with E-state index in [1.807, 2.05) is 30.3 Å². The number of benzene rings is 2. The first kappa shape index (κ1) is 13.1. The quantitative estimate of drug-likeness (QED) is 0.684. The number of nitrogens with one attached hydrogen (secondary N) is 1. The summed E-state index contributed by atoms with van der Waals surface area (Å²) in [6.45, 7) is 0.462. The summed E-state index contributed by atoms with van der Waals surface area (Å²) in [6, 6.07) is 13.0. The van der Waals surface area contributed by atoms with Gasteiger partial charge in [-0.1, -0.05) is 24.3 Å². The van der Waals surface area contributed by atoms with Crippen molar-refractivity contribution < 1.29 is 9.53 Å². The van der Waals surface area contributed by atoms with Gasteiger partial charge in [-0.05, 0) is 23.8 Å². The number of fused-ring (bicyclic) bond motifs is 1.